The molecule has 1 unspecified atom stereocenters. The molecule has 0 radical (unpaired) electrons. The molecular formula is C20H20N4O3. The van der Waals surface area contributed by atoms with Gasteiger partial charge in [-0.2, -0.15) is 0 Å². The normalized spacial score (nSPS) is 11.5. The number of carbonyl (C=O) groups excluding carboxylic acids is 2. The highest BCUT2D eigenvalue weighted by molar-refractivity contribution is 6.04. The van der Waals surface area contributed by atoms with Gasteiger partial charge >= 0.3 is 0 Å². The number of amides is 2. The van der Waals surface area contributed by atoms with Crippen LogP contribution in [0.4, 0.5) is 17.3 Å². The Bertz CT molecular complexity index is 937. The fraction of sp³-hybridized carbons (Fsp3) is 0.150. The Hall–Kier alpha value is -3.61. The number of nitrogens with zero attached hydrogens (tertiary/aromatic N) is 1. The molecule has 0 saturated carbocycles. The Morgan fingerprint density at radius 1 is 0.963 bits per heavy atom. The quantitative estimate of drug-likeness (QED) is 0.620. The molecule has 0 aliphatic heterocycles. The monoisotopic (exact) mass is 364 g/mol. The first-order valence-corrected chi connectivity index (χ1v) is 8.48. The summed E-state index contributed by atoms with van der Waals surface area (Å²) in [6.07, 6.45) is 0. The van der Waals surface area contributed by atoms with E-state index in [0.29, 0.717) is 28.5 Å². The lowest BCUT2D eigenvalue weighted by Gasteiger charge is -2.15. The van der Waals surface area contributed by atoms with Gasteiger partial charge in [0.25, 0.3) is 5.91 Å². The zero-order valence-electron chi connectivity index (χ0n) is 15.0. The maximum Gasteiger partial charge on any atom is 0.255 e. The summed E-state index contributed by atoms with van der Waals surface area (Å²) in [5, 5.41) is 12.3. The van der Waals surface area contributed by atoms with Crippen LogP contribution >= 0.6 is 0 Å². The van der Waals surface area contributed by atoms with Gasteiger partial charge in [0.15, 0.2) is 0 Å². The van der Waals surface area contributed by atoms with Gasteiger partial charge in [-0.25, -0.2) is 0 Å². The summed E-state index contributed by atoms with van der Waals surface area (Å²) in [4.78, 5) is 24.5. The maximum absolute atomic E-state index is 12.2. The Kier molecular flexibility index (Phi) is 5.51. The molecule has 0 spiro atoms. The van der Waals surface area contributed by atoms with Crippen molar-refractivity contribution in [1.82, 2.24) is 5.16 Å². The molecule has 27 heavy (non-hydrogen) atoms. The Morgan fingerprint density at radius 3 is 2.41 bits per heavy atom. The van der Waals surface area contributed by atoms with E-state index in [2.05, 4.69) is 21.1 Å². The third kappa shape index (κ3) is 4.94. The van der Waals surface area contributed by atoms with Crippen LogP contribution in [0.3, 0.4) is 0 Å². The van der Waals surface area contributed by atoms with Crippen molar-refractivity contribution < 1.29 is 14.1 Å². The summed E-state index contributed by atoms with van der Waals surface area (Å²) in [7, 11) is 0. The molecule has 1 aromatic heterocycles. The minimum atomic E-state index is -0.518. The first-order valence-electron chi connectivity index (χ1n) is 8.48. The average Bonchev–Trinajstić information content (AvgIpc) is 3.07. The van der Waals surface area contributed by atoms with E-state index in [-0.39, 0.29) is 11.8 Å². The van der Waals surface area contributed by atoms with Crippen molar-refractivity contribution in [3.8, 4) is 0 Å². The summed E-state index contributed by atoms with van der Waals surface area (Å²) in [6, 6.07) is 17.3. The van der Waals surface area contributed by atoms with Gasteiger partial charge in [0.1, 0.15) is 6.04 Å². The molecule has 138 valence electrons. The van der Waals surface area contributed by atoms with Gasteiger partial charge in [-0.15, -0.1) is 0 Å². The lowest BCUT2D eigenvalue weighted by Crippen LogP contribution is -2.31. The van der Waals surface area contributed by atoms with Gasteiger partial charge in [-0.1, -0.05) is 29.4 Å². The molecule has 2 amide bonds. The highest BCUT2D eigenvalue weighted by Gasteiger charge is 2.15. The fourth-order valence-corrected chi connectivity index (χ4v) is 2.45. The van der Waals surface area contributed by atoms with Crippen LogP contribution in [0.15, 0.2) is 65.2 Å². The van der Waals surface area contributed by atoms with Crippen molar-refractivity contribution in [3.05, 3.63) is 71.9 Å². The van der Waals surface area contributed by atoms with E-state index in [1.807, 2.05) is 24.3 Å². The number of nitrogens with one attached hydrogen (secondary N) is 3. The van der Waals surface area contributed by atoms with Crippen molar-refractivity contribution in [2.24, 2.45) is 0 Å². The minimum absolute atomic E-state index is 0.195. The van der Waals surface area contributed by atoms with Crippen molar-refractivity contribution in [3.63, 3.8) is 0 Å². The molecule has 7 heteroatoms. The smallest absolute Gasteiger partial charge is 0.255 e. The number of hydrogen-bond donors (Lipinski definition) is 3. The summed E-state index contributed by atoms with van der Waals surface area (Å²) >= 11 is 0. The lowest BCUT2D eigenvalue weighted by molar-refractivity contribution is -0.116. The number of rotatable bonds is 6. The van der Waals surface area contributed by atoms with E-state index < -0.39 is 6.04 Å². The molecule has 0 aliphatic rings. The first kappa shape index (κ1) is 18.2. The number of benzene rings is 2. The summed E-state index contributed by atoms with van der Waals surface area (Å²) in [6.45, 7) is 3.50. The van der Waals surface area contributed by atoms with Crippen LogP contribution < -0.4 is 16.0 Å². The van der Waals surface area contributed by atoms with Crippen molar-refractivity contribution in [2.75, 3.05) is 16.0 Å². The molecule has 3 aromatic rings. The van der Waals surface area contributed by atoms with E-state index in [1.54, 1.807) is 50.2 Å². The summed E-state index contributed by atoms with van der Waals surface area (Å²) in [5.41, 5.74) is 2.60. The van der Waals surface area contributed by atoms with E-state index >= 15 is 0 Å². The third-order valence-electron chi connectivity index (χ3n) is 3.81. The number of aromatic nitrogens is 1. The van der Waals surface area contributed by atoms with Gasteiger partial charge in [0.2, 0.25) is 11.8 Å². The van der Waals surface area contributed by atoms with Crippen LogP contribution in [0.25, 0.3) is 0 Å². The van der Waals surface area contributed by atoms with E-state index in [0.717, 1.165) is 0 Å². The fourth-order valence-electron chi connectivity index (χ4n) is 2.45. The predicted molar refractivity (Wildman–Crippen MR) is 104 cm³/mol. The molecular weight excluding hydrogens is 344 g/mol. The van der Waals surface area contributed by atoms with E-state index in [9.17, 15) is 9.59 Å². The minimum Gasteiger partial charge on any atom is -0.374 e. The van der Waals surface area contributed by atoms with Crippen molar-refractivity contribution in [2.45, 2.75) is 19.9 Å². The number of anilines is 3. The van der Waals surface area contributed by atoms with E-state index in [4.69, 9.17) is 4.52 Å². The van der Waals surface area contributed by atoms with Crippen LogP contribution in [0.2, 0.25) is 0 Å². The molecule has 0 bridgehead atoms. The van der Waals surface area contributed by atoms with Gasteiger partial charge < -0.3 is 15.2 Å². The maximum atomic E-state index is 12.2. The molecule has 3 N–H and O–H groups in total. The summed E-state index contributed by atoms with van der Waals surface area (Å²) < 4.78 is 4.98. The highest BCUT2D eigenvalue weighted by atomic mass is 16.5. The molecule has 0 aliphatic carbocycles. The third-order valence-corrected chi connectivity index (χ3v) is 3.81. The highest BCUT2D eigenvalue weighted by Crippen LogP contribution is 2.17. The lowest BCUT2D eigenvalue weighted by atomic mass is 10.2. The average molecular weight is 364 g/mol. The van der Waals surface area contributed by atoms with Crippen LogP contribution in [0.5, 0.6) is 0 Å². The Labute approximate surface area is 156 Å². The standard InChI is InChI=1S/C20H20N4O3/c1-13-11-18(27-24-13)23-19(25)14(2)21-16-9-6-10-17(12-16)22-20(26)15-7-4-3-5-8-15/h3-12,14,21H,1-2H3,(H,22,26)(H,23,25). The Morgan fingerprint density at radius 2 is 1.70 bits per heavy atom. The predicted octanol–water partition coefficient (Wildman–Crippen LogP) is 3.67. The zero-order chi connectivity index (χ0) is 19.2. The molecule has 0 fully saturated rings. The molecule has 0 saturated heterocycles. The zero-order valence-corrected chi connectivity index (χ0v) is 15.0. The topological polar surface area (TPSA) is 96.3 Å². The molecule has 7 nitrogen and oxygen atoms in total. The van der Waals surface area contributed by atoms with Gasteiger partial charge in [-0.3, -0.25) is 14.9 Å². The Balaban J connectivity index is 1.61. The molecule has 2 aromatic carbocycles. The van der Waals surface area contributed by atoms with Gasteiger partial charge in [0, 0.05) is 23.0 Å². The first-order chi connectivity index (χ1) is 13.0. The summed E-state index contributed by atoms with van der Waals surface area (Å²) in [5.74, 6) is -0.154. The second-order valence-corrected chi connectivity index (χ2v) is 6.09. The SMILES string of the molecule is Cc1cc(NC(=O)C(C)Nc2cccc(NC(=O)c3ccccc3)c2)on1. The number of hydrogen-bond acceptors (Lipinski definition) is 5. The second-order valence-electron chi connectivity index (χ2n) is 6.09. The number of carbonyl (C=O) groups is 2. The van der Waals surface area contributed by atoms with Crippen LogP contribution in [-0.4, -0.2) is 23.0 Å². The van der Waals surface area contributed by atoms with Gasteiger partial charge in [0.05, 0.1) is 5.69 Å². The number of aryl methyl sites for hydroxylation is 1. The second kappa shape index (κ2) is 8.18. The molecule has 1 atom stereocenters. The van der Waals surface area contributed by atoms with Crippen LogP contribution in [0, 0.1) is 6.92 Å². The van der Waals surface area contributed by atoms with Crippen molar-refractivity contribution in [1.29, 1.82) is 0 Å². The molecule has 1 heterocycles. The van der Waals surface area contributed by atoms with E-state index in [1.165, 1.54) is 0 Å². The van der Waals surface area contributed by atoms with Crippen LogP contribution in [-0.2, 0) is 4.79 Å². The largest absolute Gasteiger partial charge is 0.374 e. The van der Waals surface area contributed by atoms with Gasteiger partial charge in [-0.05, 0) is 44.2 Å². The van der Waals surface area contributed by atoms with Crippen molar-refractivity contribution >= 4 is 29.1 Å². The van der Waals surface area contributed by atoms with Crippen LogP contribution in [0.1, 0.15) is 23.0 Å². The molecule has 3 rings (SSSR count).